The quantitative estimate of drug-likeness (QED) is 0.0821. The normalized spacial score (nSPS) is 9.70. The zero-order valence-electron chi connectivity index (χ0n) is 24.7. The monoisotopic (exact) mass is 580 g/mol. The van der Waals surface area contributed by atoms with Crippen LogP contribution < -0.4 is 11.1 Å². The van der Waals surface area contributed by atoms with Crippen molar-refractivity contribution >= 4 is 23.3 Å². The van der Waals surface area contributed by atoms with Gasteiger partial charge in [0.2, 0.25) is 0 Å². The molecule has 0 heterocycles. The van der Waals surface area contributed by atoms with E-state index in [-0.39, 0.29) is 17.1 Å². The Kier molecular flexibility index (Phi) is 14.1. The molecule has 0 atom stereocenters. The zero-order valence-corrected chi connectivity index (χ0v) is 24.7. The fraction of sp³-hybridized carbons (Fsp3) is 0.158. The lowest BCUT2D eigenvalue weighted by atomic mass is 9.93. The number of hydrogen-bond donors (Lipinski definition) is 2. The van der Waals surface area contributed by atoms with Crippen LogP contribution in [0.15, 0.2) is 132 Å². The molecule has 6 heteroatoms. The van der Waals surface area contributed by atoms with Gasteiger partial charge < -0.3 is 11.1 Å². The Morgan fingerprint density at radius 2 is 1.02 bits per heavy atom. The predicted octanol–water partition coefficient (Wildman–Crippen LogP) is 6.86. The third-order valence-corrected chi connectivity index (χ3v) is 6.76. The maximum atomic E-state index is 12.6. The third kappa shape index (κ3) is 9.77. The topological polar surface area (TPSA) is 120 Å². The van der Waals surface area contributed by atoms with Gasteiger partial charge >= 0.3 is 0 Å². The van der Waals surface area contributed by atoms with Crippen molar-refractivity contribution in [2.75, 3.05) is 13.1 Å². The standard InChI is InChI=1S/C22H25N3O.C16H11NO/c23-15-9-1-2-10-16-25-22(26)20(17-24)21(18-11-5-3-6-12-18)19-13-7-4-8-14-19;17-11-15(12-18)16(13-7-3-1-4-8-13)14-9-5-2-6-10-14/h3-8,11-14H,1-2,9-10,15-16,23H2,(H,25,26);1-10,12H. The largest absolute Gasteiger partial charge is 0.351 e. The van der Waals surface area contributed by atoms with E-state index in [1.54, 1.807) is 0 Å². The summed E-state index contributed by atoms with van der Waals surface area (Å²) in [5.41, 5.74) is 10.6. The number of allylic oxidation sites excluding steroid dienone is 1. The molecule has 0 spiro atoms. The van der Waals surface area contributed by atoms with Crippen LogP contribution in [0.3, 0.4) is 0 Å². The van der Waals surface area contributed by atoms with Crippen LogP contribution in [0.2, 0.25) is 0 Å². The summed E-state index contributed by atoms with van der Waals surface area (Å²) < 4.78 is 0. The fourth-order valence-corrected chi connectivity index (χ4v) is 4.63. The number of nitrogens with two attached hydrogens (primary N) is 1. The lowest BCUT2D eigenvalue weighted by Crippen LogP contribution is -2.26. The molecule has 0 unspecified atom stereocenters. The highest BCUT2D eigenvalue weighted by atomic mass is 16.1. The van der Waals surface area contributed by atoms with E-state index in [0.717, 1.165) is 47.9 Å². The van der Waals surface area contributed by atoms with Crippen molar-refractivity contribution < 1.29 is 9.59 Å². The Labute approximate surface area is 259 Å². The lowest BCUT2D eigenvalue weighted by Gasteiger charge is -2.12. The molecule has 0 fully saturated rings. The van der Waals surface area contributed by atoms with Crippen LogP contribution >= 0.6 is 0 Å². The number of aldehydes is 1. The number of hydrogen-bond acceptors (Lipinski definition) is 5. The maximum Gasteiger partial charge on any atom is 0.262 e. The number of nitrogens with one attached hydrogen (secondary N) is 1. The molecule has 4 aromatic rings. The van der Waals surface area contributed by atoms with Gasteiger partial charge in [0.05, 0.1) is 0 Å². The van der Waals surface area contributed by atoms with Crippen LogP contribution in [0.25, 0.3) is 11.1 Å². The molecule has 4 aromatic carbocycles. The molecule has 0 aliphatic heterocycles. The van der Waals surface area contributed by atoms with Crippen LogP contribution in [0.1, 0.15) is 47.9 Å². The molecule has 3 N–H and O–H groups in total. The molecule has 1 amide bonds. The van der Waals surface area contributed by atoms with E-state index in [0.29, 0.717) is 30.5 Å². The van der Waals surface area contributed by atoms with Gasteiger partial charge in [-0.2, -0.15) is 10.5 Å². The van der Waals surface area contributed by atoms with Crippen molar-refractivity contribution in [2.24, 2.45) is 5.73 Å². The molecule has 6 nitrogen and oxygen atoms in total. The highest BCUT2D eigenvalue weighted by Crippen LogP contribution is 2.27. The minimum Gasteiger partial charge on any atom is -0.351 e. The molecule has 0 aromatic heterocycles. The Morgan fingerprint density at radius 1 is 0.614 bits per heavy atom. The molecule has 0 saturated carbocycles. The maximum absolute atomic E-state index is 12.6. The molecule has 44 heavy (non-hydrogen) atoms. The Balaban J connectivity index is 0.000000257. The first kappa shape index (κ1) is 32.9. The zero-order chi connectivity index (χ0) is 31.4. The second kappa shape index (κ2) is 18.8. The smallest absolute Gasteiger partial charge is 0.262 e. The van der Waals surface area contributed by atoms with Crippen molar-refractivity contribution in [3.05, 3.63) is 155 Å². The summed E-state index contributed by atoms with van der Waals surface area (Å²) in [5.74, 6) is -0.325. The van der Waals surface area contributed by atoms with Crippen LogP contribution in [0, 0.1) is 22.7 Å². The van der Waals surface area contributed by atoms with Gasteiger partial charge in [-0.15, -0.1) is 0 Å². The van der Waals surface area contributed by atoms with Gasteiger partial charge in [0, 0.05) is 17.7 Å². The molecule has 0 saturated heterocycles. The van der Waals surface area contributed by atoms with Gasteiger partial charge in [-0.05, 0) is 41.6 Å². The molecule has 0 bridgehead atoms. The Hall–Kier alpha value is -5.56. The summed E-state index contributed by atoms with van der Waals surface area (Å²) >= 11 is 0. The van der Waals surface area contributed by atoms with Gasteiger partial charge in [0.15, 0.2) is 6.29 Å². The first-order chi connectivity index (χ1) is 21.6. The van der Waals surface area contributed by atoms with E-state index >= 15 is 0 Å². The first-order valence-corrected chi connectivity index (χ1v) is 14.6. The fourth-order valence-electron chi connectivity index (χ4n) is 4.63. The van der Waals surface area contributed by atoms with Crippen LogP contribution in [-0.4, -0.2) is 25.3 Å². The first-order valence-electron chi connectivity index (χ1n) is 14.6. The SMILES string of the molecule is N#CC(C(=O)NCCCCCCN)=C(c1ccccc1)c1ccccc1.N#CC(C=O)=C(c1ccccc1)c1ccccc1. The molecular formula is C38H36N4O2. The van der Waals surface area contributed by atoms with Crippen molar-refractivity contribution in [1.82, 2.24) is 5.32 Å². The number of rotatable bonds is 12. The molecule has 0 radical (unpaired) electrons. The summed E-state index contributed by atoms with van der Waals surface area (Å²) in [4.78, 5) is 23.7. The molecule has 0 aliphatic carbocycles. The molecule has 4 rings (SSSR count). The van der Waals surface area contributed by atoms with Crippen molar-refractivity contribution in [1.29, 1.82) is 10.5 Å². The number of nitriles is 2. The van der Waals surface area contributed by atoms with Crippen LogP contribution in [0.5, 0.6) is 0 Å². The molecule has 0 aliphatic rings. The summed E-state index contributed by atoms with van der Waals surface area (Å²) in [5, 5.41) is 21.6. The highest BCUT2D eigenvalue weighted by molar-refractivity contribution is 6.08. The minimum absolute atomic E-state index is 0.143. The molecular weight excluding hydrogens is 544 g/mol. The van der Waals surface area contributed by atoms with Gasteiger partial charge in [-0.25, -0.2) is 0 Å². The third-order valence-electron chi connectivity index (χ3n) is 6.76. The van der Waals surface area contributed by atoms with Crippen molar-refractivity contribution in [3.63, 3.8) is 0 Å². The summed E-state index contributed by atoms with van der Waals surface area (Å²) in [6, 6.07) is 42.1. The van der Waals surface area contributed by atoms with Crippen LogP contribution in [-0.2, 0) is 9.59 Å². The van der Waals surface area contributed by atoms with E-state index in [1.807, 2.05) is 127 Å². The van der Waals surface area contributed by atoms with Crippen molar-refractivity contribution in [2.45, 2.75) is 25.7 Å². The van der Waals surface area contributed by atoms with E-state index in [1.165, 1.54) is 0 Å². The van der Waals surface area contributed by atoms with E-state index in [4.69, 9.17) is 11.0 Å². The van der Waals surface area contributed by atoms with E-state index in [2.05, 4.69) is 11.4 Å². The van der Waals surface area contributed by atoms with Crippen LogP contribution in [0.4, 0.5) is 0 Å². The van der Waals surface area contributed by atoms with E-state index in [9.17, 15) is 14.9 Å². The second-order valence-electron chi connectivity index (χ2n) is 9.80. The lowest BCUT2D eigenvalue weighted by molar-refractivity contribution is -0.117. The number of unbranched alkanes of at least 4 members (excludes halogenated alkanes) is 3. The predicted molar refractivity (Wildman–Crippen MR) is 176 cm³/mol. The highest BCUT2D eigenvalue weighted by Gasteiger charge is 2.18. The number of nitrogens with zero attached hydrogens (tertiary/aromatic N) is 2. The average Bonchev–Trinajstić information content (AvgIpc) is 3.09. The van der Waals surface area contributed by atoms with E-state index < -0.39 is 0 Å². The number of carbonyl (C=O) groups is 2. The van der Waals surface area contributed by atoms with Gasteiger partial charge in [-0.3, -0.25) is 9.59 Å². The van der Waals surface area contributed by atoms with Crippen molar-refractivity contribution in [3.8, 4) is 12.1 Å². The summed E-state index contributed by atoms with van der Waals surface area (Å²) in [6.45, 7) is 1.26. The number of carbonyl (C=O) groups excluding carboxylic acids is 2. The molecule has 220 valence electrons. The van der Waals surface area contributed by atoms with Gasteiger partial charge in [0.1, 0.15) is 23.3 Å². The minimum atomic E-state index is -0.325. The average molecular weight is 581 g/mol. The number of benzene rings is 4. The second-order valence-corrected chi connectivity index (χ2v) is 9.80. The summed E-state index contributed by atoms with van der Waals surface area (Å²) in [6.07, 6.45) is 4.58. The Bertz CT molecular complexity index is 1530. The number of amides is 1. The Morgan fingerprint density at radius 3 is 1.39 bits per heavy atom. The van der Waals surface area contributed by atoms with Gasteiger partial charge in [0.25, 0.3) is 5.91 Å². The van der Waals surface area contributed by atoms with Gasteiger partial charge in [-0.1, -0.05) is 134 Å². The summed E-state index contributed by atoms with van der Waals surface area (Å²) in [7, 11) is 0.